The molecule has 0 unspecified atom stereocenters. The van der Waals surface area contributed by atoms with Crippen molar-refractivity contribution < 1.29 is 19.3 Å². The van der Waals surface area contributed by atoms with Gasteiger partial charge in [0.2, 0.25) is 5.91 Å². The number of hydrogen-bond acceptors (Lipinski definition) is 6. The van der Waals surface area contributed by atoms with Crippen LogP contribution in [0.3, 0.4) is 0 Å². The number of anilines is 1. The summed E-state index contributed by atoms with van der Waals surface area (Å²) in [6, 6.07) is 10.5. The Morgan fingerprint density at radius 2 is 1.73 bits per heavy atom. The molecule has 2 aromatic carbocycles. The number of amides is 2. The topological polar surface area (TPSA) is 136 Å². The molecule has 9 nitrogen and oxygen atoms in total. The summed E-state index contributed by atoms with van der Waals surface area (Å²) in [5.74, 6) is -1.42. The van der Waals surface area contributed by atoms with Crippen LogP contribution >= 0.6 is 0 Å². The van der Waals surface area contributed by atoms with E-state index in [-0.39, 0.29) is 40.1 Å². The van der Waals surface area contributed by atoms with Crippen LogP contribution in [-0.2, 0) is 4.79 Å². The molecule has 2 amide bonds. The van der Waals surface area contributed by atoms with E-state index in [1.165, 1.54) is 24.3 Å². The van der Waals surface area contributed by atoms with Crippen molar-refractivity contribution in [3.8, 4) is 0 Å². The lowest BCUT2D eigenvalue weighted by Gasteiger charge is -2.31. The third-order valence-corrected chi connectivity index (χ3v) is 5.31. The normalized spacial score (nSPS) is 14.2. The van der Waals surface area contributed by atoms with E-state index in [0.29, 0.717) is 31.6 Å². The van der Waals surface area contributed by atoms with Gasteiger partial charge in [-0.05, 0) is 31.0 Å². The van der Waals surface area contributed by atoms with E-state index >= 15 is 0 Å². The van der Waals surface area contributed by atoms with Crippen LogP contribution in [0.4, 0.5) is 11.4 Å². The number of likely N-dealkylation sites (tertiary alicyclic amines) is 1. The monoisotopic (exact) mass is 410 g/mol. The highest BCUT2D eigenvalue weighted by atomic mass is 16.6. The van der Waals surface area contributed by atoms with Gasteiger partial charge in [0.15, 0.2) is 5.78 Å². The van der Waals surface area contributed by atoms with Crippen molar-refractivity contribution in [2.75, 3.05) is 25.5 Å². The predicted octanol–water partition coefficient (Wildman–Crippen LogP) is 2.21. The van der Waals surface area contributed by atoms with Crippen molar-refractivity contribution >= 4 is 29.0 Å². The third-order valence-electron chi connectivity index (χ3n) is 5.31. The zero-order chi connectivity index (χ0) is 21.8. The molecular weight excluding hydrogens is 388 g/mol. The molecule has 0 bridgehead atoms. The highest BCUT2D eigenvalue weighted by molar-refractivity contribution is 6.15. The van der Waals surface area contributed by atoms with Crippen LogP contribution in [0.2, 0.25) is 0 Å². The highest BCUT2D eigenvalue weighted by Crippen LogP contribution is 2.27. The van der Waals surface area contributed by atoms with Gasteiger partial charge in [-0.1, -0.05) is 18.2 Å². The summed E-state index contributed by atoms with van der Waals surface area (Å²) in [5.41, 5.74) is 5.92. The zero-order valence-electron chi connectivity index (χ0n) is 16.5. The highest BCUT2D eigenvalue weighted by Gasteiger charge is 2.29. The molecule has 0 aromatic heterocycles. The smallest absolute Gasteiger partial charge is 0.293 e. The van der Waals surface area contributed by atoms with Gasteiger partial charge in [0.1, 0.15) is 5.69 Å². The molecular formula is C21H22N4O5. The van der Waals surface area contributed by atoms with Crippen LogP contribution < -0.4 is 11.1 Å². The minimum atomic E-state index is -0.567. The first-order chi connectivity index (χ1) is 14.3. The molecule has 1 saturated heterocycles. The van der Waals surface area contributed by atoms with Crippen LogP contribution in [0.25, 0.3) is 0 Å². The molecule has 9 heteroatoms. The van der Waals surface area contributed by atoms with Crippen LogP contribution in [0, 0.1) is 16.0 Å². The Hall–Kier alpha value is -3.75. The van der Waals surface area contributed by atoms with Gasteiger partial charge in [0.05, 0.1) is 10.5 Å². The minimum Gasteiger partial charge on any atom is -0.383 e. The molecule has 0 spiro atoms. The average molecular weight is 410 g/mol. The molecule has 2 aromatic rings. The number of nitro benzene ring substituents is 1. The van der Waals surface area contributed by atoms with Crippen LogP contribution in [-0.4, -0.2) is 47.6 Å². The Kier molecular flexibility index (Phi) is 6.10. The number of carbonyl (C=O) groups is 3. The number of nitro groups is 1. The van der Waals surface area contributed by atoms with Gasteiger partial charge >= 0.3 is 0 Å². The van der Waals surface area contributed by atoms with E-state index in [4.69, 9.17) is 5.73 Å². The summed E-state index contributed by atoms with van der Waals surface area (Å²) in [6.07, 6.45) is 0.962. The number of benzene rings is 2. The van der Waals surface area contributed by atoms with Gasteiger partial charge in [0, 0.05) is 43.2 Å². The molecule has 3 rings (SSSR count). The maximum atomic E-state index is 13.1. The second kappa shape index (κ2) is 8.73. The molecule has 1 aliphatic heterocycles. The van der Waals surface area contributed by atoms with E-state index in [9.17, 15) is 24.5 Å². The number of rotatable bonds is 6. The Balaban J connectivity index is 1.89. The number of nitrogens with two attached hydrogens (primary N) is 1. The summed E-state index contributed by atoms with van der Waals surface area (Å²) < 4.78 is 0. The number of nitrogens with zero attached hydrogens (tertiary/aromatic N) is 2. The zero-order valence-corrected chi connectivity index (χ0v) is 16.5. The predicted molar refractivity (Wildman–Crippen MR) is 110 cm³/mol. The standard InChI is InChI=1S/C21H22N4O5/c1-23-17-7-6-14(12-18(17)25(29)30)19(26)15-4-2-3-5-16(15)21(28)24-10-8-13(9-11-24)20(22)27/h2-7,12-13,23H,8-11H2,1H3,(H2,22,27). The first-order valence-corrected chi connectivity index (χ1v) is 9.52. The van der Waals surface area contributed by atoms with Crippen molar-refractivity contribution in [2.24, 2.45) is 11.7 Å². The Morgan fingerprint density at radius 3 is 2.30 bits per heavy atom. The second-order valence-corrected chi connectivity index (χ2v) is 7.08. The van der Waals surface area contributed by atoms with Gasteiger partial charge in [0.25, 0.3) is 11.6 Å². The second-order valence-electron chi connectivity index (χ2n) is 7.08. The largest absolute Gasteiger partial charge is 0.383 e. The van der Waals surface area contributed by atoms with Crippen molar-refractivity contribution in [1.82, 2.24) is 4.90 Å². The summed E-state index contributed by atoms with van der Waals surface area (Å²) >= 11 is 0. The van der Waals surface area contributed by atoms with Gasteiger partial charge in [-0.15, -0.1) is 0 Å². The Morgan fingerprint density at radius 1 is 1.10 bits per heavy atom. The van der Waals surface area contributed by atoms with Gasteiger partial charge in [-0.25, -0.2) is 0 Å². The summed E-state index contributed by atoms with van der Waals surface area (Å²) in [4.78, 5) is 49.8. The molecule has 1 aliphatic rings. The first-order valence-electron chi connectivity index (χ1n) is 9.52. The molecule has 0 atom stereocenters. The number of nitrogens with one attached hydrogen (secondary N) is 1. The van der Waals surface area contributed by atoms with Gasteiger partial charge in [-0.3, -0.25) is 24.5 Å². The molecule has 156 valence electrons. The van der Waals surface area contributed by atoms with Crippen LogP contribution in [0.1, 0.15) is 39.1 Å². The van der Waals surface area contributed by atoms with E-state index in [2.05, 4.69) is 5.32 Å². The van der Waals surface area contributed by atoms with Gasteiger partial charge in [-0.2, -0.15) is 0 Å². The first kappa shape index (κ1) is 21.0. The molecule has 0 aliphatic carbocycles. The fourth-order valence-corrected chi connectivity index (χ4v) is 3.60. The number of ketones is 1. The Bertz CT molecular complexity index is 1010. The van der Waals surface area contributed by atoms with E-state index in [1.54, 1.807) is 30.1 Å². The van der Waals surface area contributed by atoms with Crippen molar-refractivity contribution in [2.45, 2.75) is 12.8 Å². The molecule has 30 heavy (non-hydrogen) atoms. The third kappa shape index (κ3) is 4.14. The summed E-state index contributed by atoms with van der Waals surface area (Å²) in [7, 11) is 1.55. The lowest BCUT2D eigenvalue weighted by Crippen LogP contribution is -2.42. The van der Waals surface area contributed by atoms with Gasteiger partial charge < -0.3 is 16.0 Å². The fourth-order valence-electron chi connectivity index (χ4n) is 3.60. The molecule has 0 radical (unpaired) electrons. The maximum Gasteiger partial charge on any atom is 0.293 e. The summed E-state index contributed by atoms with van der Waals surface area (Å²) in [5, 5.41) is 14.0. The van der Waals surface area contributed by atoms with Crippen molar-refractivity contribution in [1.29, 1.82) is 0 Å². The van der Waals surface area contributed by atoms with Crippen molar-refractivity contribution in [3.05, 3.63) is 69.3 Å². The number of primary amides is 1. The SMILES string of the molecule is CNc1ccc(C(=O)c2ccccc2C(=O)N2CCC(C(N)=O)CC2)cc1[N+](=O)[O-]. The minimum absolute atomic E-state index is 0.119. The average Bonchev–Trinajstić information content (AvgIpc) is 2.77. The fraction of sp³-hybridized carbons (Fsp3) is 0.286. The van der Waals surface area contributed by atoms with Crippen LogP contribution in [0.15, 0.2) is 42.5 Å². The maximum absolute atomic E-state index is 13.1. The lowest BCUT2D eigenvalue weighted by atomic mass is 9.94. The molecule has 3 N–H and O–H groups in total. The molecule has 0 saturated carbocycles. The van der Waals surface area contributed by atoms with E-state index in [0.717, 1.165) is 0 Å². The molecule has 1 heterocycles. The van der Waals surface area contributed by atoms with E-state index < -0.39 is 10.7 Å². The van der Waals surface area contributed by atoms with E-state index in [1.807, 2.05) is 0 Å². The summed E-state index contributed by atoms with van der Waals surface area (Å²) in [6.45, 7) is 0.745. The lowest BCUT2D eigenvalue weighted by molar-refractivity contribution is -0.384. The number of hydrogen-bond donors (Lipinski definition) is 2. The quantitative estimate of drug-likeness (QED) is 0.426. The number of carbonyl (C=O) groups excluding carboxylic acids is 3. The molecule has 1 fully saturated rings. The van der Waals surface area contributed by atoms with Crippen molar-refractivity contribution in [3.63, 3.8) is 0 Å². The Labute approximate surface area is 173 Å². The number of piperidine rings is 1. The van der Waals surface area contributed by atoms with Crippen LogP contribution in [0.5, 0.6) is 0 Å².